The van der Waals surface area contributed by atoms with Crippen LogP contribution in [0.5, 0.6) is 0 Å². The van der Waals surface area contributed by atoms with E-state index in [1.807, 2.05) is 25.7 Å². The molecule has 4 heteroatoms. The lowest BCUT2D eigenvalue weighted by atomic mass is 10.0. The van der Waals surface area contributed by atoms with Gasteiger partial charge in [0.05, 0.1) is 6.16 Å². The first kappa shape index (κ1) is 21.6. The highest BCUT2D eigenvalue weighted by molar-refractivity contribution is 7.95. The molecule has 0 radical (unpaired) electrons. The van der Waals surface area contributed by atoms with Gasteiger partial charge in [0.1, 0.15) is 28.8 Å². The number of amides is 1. The minimum Gasteiger partial charge on any atom is -0.444 e. The molecule has 0 aromatic heterocycles. The van der Waals surface area contributed by atoms with Crippen molar-refractivity contribution in [1.29, 1.82) is 0 Å². The SMILES string of the molecule is CC(C)(C)OC(=O)N1CC(C[P+](c2ccccc2)(c2ccccc2)c2ccccc2)C1. The predicted octanol–water partition coefficient (Wildman–Crippen LogP) is 4.85. The summed E-state index contributed by atoms with van der Waals surface area (Å²) in [6, 6.07) is 32.8. The Morgan fingerprint density at radius 3 is 1.55 bits per heavy atom. The maximum Gasteiger partial charge on any atom is 0.410 e. The predicted molar refractivity (Wildman–Crippen MR) is 131 cm³/mol. The van der Waals surface area contributed by atoms with E-state index in [-0.39, 0.29) is 6.09 Å². The second kappa shape index (κ2) is 8.85. The number of carbonyl (C=O) groups excluding carboxylic acids is 1. The third kappa shape index (κ3) is 4.67. The van der Waals surface area contributed by atoms with E-state index in [1.54, 1.807) is 0 Å². The molecule has 0 aliphatic carbocycles. The van der Waals surface area contributed by atoms with Gasteiger partial charge in [-0.3, -0.25) is 0 Å². The molecule has 3 aromatic rings. The normalized spacial score (nSPS) is 14.7. The van der Waals surface area contributed by atoms with E-state index in [4.69, 9.17) is 4.74 Å². The van der Waals surface area contributed by atoms with E-state index in [1.165, 1.54) is 15.9 Å². The largest absolute Gasteiger partial charge is 0.444 e. The number of likely N-dealkylation sites (tertiary alicyclic amines) is 1. The molecule has 1 saturated heterocycles. The molecule has 3 aromatic carbocycles. The fraction of sp³-hybridized carbons (Fsp3) is 0.296. The first-order chi connectivity index (χ1) is 14.9. The van der Waals surface area contributed by atoms with Crippen LogP contribution in [-0.2, 0) is 4.74 Å². The van der Waals surface area contributed by atoms with Crippen molar-refractivity contribution in [2.24, 2.45) is 5.92 Å². The number of hydrogen-bond acceptors (Lipinski definition) is 2. The van der Waals surface area contributed by atoms with Gasteiger partial charge in [0.2, 0.25) is 0 Å². The van der Waals surface area contributed by atoms with Gasteiger partial charge in [-0.1, -0.05) is 54.6 Å². The highest BCUT2D eigenvalue weighted by Crippen LogP contribution is 2.57. The molecule has 0 spiro atoms. The van der Waals surface area contributed by atoms with Gasteiger partial charge >= 0.3 is 6.09 Å². The van der Waals surface area contributed by atoms with Crippen LogP contribution in [0, 0.1) is 5.92 Å². The standard InChI is InChI=1S/C27H31NO2P/c1-27(2,3)30-26(29)28-19-22(20-28)21-31(23-13-7-4-8-14-23,24-15-9-5-10-16-24)25-17-11-6-12-18-25/h4-18,22H,19-21H2,1-3H3/q+1. The maximum absolute atomic E-state index is 12.5. The smallest absolute Gasteiger partial charge is 0.410 e. The Labute approximate surface area is 186 Å². The van der Waals surface area contributed by atoms with Crippen molar-refractivity contribution in [3.63, 3.8) is 0 Å². The molecule has 160 valence electrons. The van der Waals surface area contributed by atoms with Gasteiger partial charge in [0.25, 0.3) is 0 Å². The molecule has 31 heavy (non-hydrogen) atoms. The van der Waals surface area contributed by atoms with Crippen molar-refractivity contribution in [2.45, 2.75) is 26.4 Å². The summed E-state index contributed by atoms with van der Waals surface area (Å²) in [5.41, 5.74) is -0.461. The Kier molecular flexibility index (Phi) is 6.16. The van der Waals surface area contributed by atoms with Crippen LogP contribution in [0.1, 0.15) is 20.8 Å². The lowest BCUT2D eigenvalue weighted by Crippen LogP contribution is -2.54. The van der Waals surface area contributed by atoms with E-state index in [0.717, 1.165) is 19.3 Å². The topological polar surface area (TPSA) is 29.5 Å². The fourth-order valence-electron chi connectivity index (χ4n) is 4.36. The molecule has 0 bridgehead atoms. The van der Waals surface area contributed by atoms with Crippen LogP contribution in [-0.4, -0.2) is 35.8 Å². The molecule has 0 N–H and O–H groups in total. The Morgan fingerprint density at radius 1 is 0.806 bits per heavy atom. The zero-order valence-electron chi connectivity index (χ0n) is 18.6. The van der Waals surface area contributed by atoms with Crippen LogP contribution >= 0.6 is 7.26 Å². The maximum atomic E-state index is 12.5. The van der Waals surface area contributed by atoms with Crippen LogP contribution < -0.4 is 15.9 Å². The minimum atomic E-state index is -1.85. The van der Waals surface area contributed by atoms with Crippen LogP contribution in [0.15, 0.2) is 91.0 Å². The average Bonchev–Trinajstić information content (AvgIpc) is 2.74. The molecule has 1 aliphatic rings. The average molecular weight is 433 g/mol. The molecule has 1 amide bonds. The Hall–Kier alpha value is -2.64. The van der Waals surface area contributed by atoms with Gasteiger partial charge in [-0.05, 0) is 57.2 Å². The van der Waals surface area contributed by atoms with Crippen LogP contribution in [0.3, 0.4) is 0 Å². The van der Waals surface area contributed by atoms with E-state index in [9.17, 15) is 4.79 Å². The van der Waals surface area contributed by atoms with Crippen molar-refractivity contribution < 1.29 is 9.53 Å². The van der Waals surface area contributed by atoms with E-state index >= 15 is 0 Å². The van der Waals surface area contributed by atoms with E-state index in [0.29, 0.717) is 5.92 Å². The number of rotatable bonds is 5. The van der Waals surface area contributed by atoms with Crippen molar-refractivity contribution in [1.82, 2.24) is 4.90 Å². The summed E-state index contributed by atoms with van der Waals surface area (Å²) >= 11 is 0. The highest BCUT2D eigenvalue weighted by Gasteiger charge is 2.50. The van der Waals surface area contributed by atoms with Gasteiger partial charge in [-0.2, -0.15) is 0 Å². The van der Waals surface area contributed by atoms with Gasteiger partial charge < -0.3 is 9.64 Å². The minimum absolute atomic E-state index is 0.202. The molecule has 4 rings (SSSR count). The highest BCUT2D eigenvalue weighted by atomic mass is 31.2. The summed E-state index contributed by atoms with van der Waals surface area (Å²) < 4.78 is 5.57. The van der Waals surface area contributed by atoms with Crippen molar-refractivity contribution in [3.05, 3.63) is 91.0 Å². The van der Waals surface area contributed by atoms with Crippen molar-refractivity contribution in [2.75, 3.05) is 19.3 Å². The summed E-state index contributed by atoms with van der Waals surface area (Å²) in [5, 5.41) is 4.18. The van der Waals surface area contributed by atoms with Gasteiger partial charge in [-0.15, -0.1) is 0 Å². The number of ether oxygens (including phenoxy) is 1. The van der Waals surface area contributed by atoms with E-state index < -0.39 is 12.9 Å². The van der Waals surface area contributed by atoms with Crippen LogP contribution in [0.2, 0.25) is 0 Å². The fourth-order valence-corrected chi connectivity index (χ4v) is 8.93. The van der Waals surface area contributed by atoms with Gasteiger partial charge in [-0.25, -0.2) is 4.79 Å². The zero-order chi connectivity index (χ0) is 21.9. The number of benzene rings is 3. The number of hydrogen-bond donors (Lipinski definition) is 0. The van der Waals surface area contributed by atoms with E-state index in [2.05, 4.69) is 91.0 Å². The van der Waals surface area contributed by atoms with Gasteiger partial charge in [0.15, 0.2) is 0 Å². The number of carbonyl (C=O) groups is 1. The second-order valence-electron chi connectivity index (χ2n) is 9.25. The zero-order valence-corrected chi connectivity index (χ0v) is 19.5. The molecule has 1 aliphatic heterocycles. The third-order valence-corrected chi connectivity index (χ3v) is 10.3. The lowest BCUT2D eigenvalue weighted by Gasteiger charge is -2.42. The van der Waals surface area contributed by atoms with Crippen LogP contribution in [0.25, 0.3) is 0 Å². The lowest BCUT2D eigenvalue weighted by molar-refractivity contribution is 0.00202. The summed E-state index contributed by atoms with van der Waals surface area (Å²) in [6.07, 6.45) is 0.844. The molecular weight excluding hydrogens is 401 g/mol. The molecule has 0 unspecified atom stereocenters. The monoisotopic (exact) mass is 432 g/mol. The second-order valence-corrected chi connectivity index (χ2v) is 12.8. The number of nitrogens with zero attached hydrogens (tertiary/aromatic N) is 1. The Bertz CT molecular complexity index is 897. The summed E-state index contributed by atoms with van der Waals surface area (Å²) in [5.74, 6) is 0.446. The molecule has 1 fully saturated rings. The first-order valence-corrected chi connectivity index (χ1v) is 12.9. The van der Waals surface area contributed by atoms with Crippen LogP contribution in [0.4, 0.5) is 4.79 Å². The first-order valence-electron chi connectivity index (χ1n) is 10.9. The van der Waals surface area contributed by atoms with Crippen molar-refractivity contribution >= 4 is 29.3 Å². The molecule has 0 saturated carbocycles. The Balaban J connectivity index is 1.68. The molecule has 1 heterocycles. The summed E-state index contributed by atoms with van der Waals surface area (Å²) in [6.45, 7) is 7.25. The summed E-state index contributed by atoms with van der Waals surface area (Å²) in [4.78, 5) is 14.3. The molecule has 0 atom stereocenters. The quantitative estimate of drug-likeness (QED) is 0.540. The Morgan fingerprint density at radius 2 is 1.19 bits per heavy atom. The third-order valence-electron chi connectivity index (χ3n) is 5.73. The van der Waals surface area contributed by atoms with Crippen molar-refractivity contribution in [3.8, 4) is 0 Å². The molecule has 3 nitrogen and oxygen atoms in total. The summed E-state index contributed by atoms with van der Waals surface area (Å²) in [7, 11) is -1.85. The van der Waals surface area contributed by atoms with Gasteiger partial charge in [0, 0.05) is 19.0 Å². The molecular formula is C27H31NO2P+.